The van der Waals surface area contributed by atoms with Gasteiger partial charge in [-0.05, 0) is 175 Å². The van der Waals surface area contributed by atoms with Crippen LogP contribution in [0.25, 0.3) is 22.8 Å². The van der Waals surface area contributed by atoms with Gasteiger partial charge in [-0.2, -0.15) is 0 Å². The van der Waals surface area contributed by atoms with E-state index in [1.165, 1.54) is 29.7 Å². The van der Waals surface area contributed by atoms with Gasteiger partial charge in [-0.1, -0.05) is 55.8 Å². The van der Waals surface area contributed by atoms with Crippen molar-refractivity contribution in [1.29, 1.82) is 0 Å². The fourth-order valence-corrected chi connectivity index (χ4v) is 8.99. The summed E-state index contributed by atoms with van der Waals surface area (Å²) in [5, 5.41) is 35.5. The first-order valence-electron chi connectivity index (χ1n) is 24.1. The normalized spacial score (nSPS) is 16.4. The third-order valence-electron chi connectivity index (χ3n) is 12.9. The Hall–Kier alpha value is -6.59. The zero-order valence-corrected chi connectivity index (χ0v) is 40.2. The molecule has 2 fully saturated rings. The second-order valence-corrected chi connectivity index (χ2v) is 18.2. The van der Waals surface area contributed by atoms with Gasteiger partial charge in [0, 0.05) is 81.6 Å². The van der Waals surface area contributed by atoms with E-state index in [2.05, 4.69) is 113 Å². The van der Waals surface area contributed by atoms with Crippen LogP contribution in [0.1, 0.15) is 73.1 Å². The molecule has 8 rings (SSSR count). The number of nitrogens with zero attached hydrogens (tertiary/aromatic N) is 10. The van der Waals surface area contributed by atoms with Crippen molar-refractivity contribution < 1.29 is 19.7 Å². The first-order chi connectivity index (χ1) is 33.0. The Bertz CT molecular complexity index is 2390. The van der Waals surface area contributed by atoms with Crippen LogP contribution in [0.15, 0.2) is 84.9 Å². The van der Waals surface area contributed by atoms with Gasteiger partial charge >= 0.3 is 12.1 Å². The van der Waals surface area contributed by atoms with E-state index in [-0.39, 0.29) is 23.6 Å². The molecule has 6 aromatic rings. The van der Waals surface area contributed by atoms with E-state index in [0.717, 1.165) is 123 Å². The average Bonchev–Trinajstić information content (AvgIpc) is 4.00. The highest BCUT2D eigenvalue weighted by atomic mass is 19.1. The van der Waals surface area contributed by atoms with Gasteiger partial charge in [0.2, 0.25) is 0 Å². The smallest absolute Gasteiger partial charge is 0.319 e. The van der Waals surface area contributed by atoms with E-state index in [0.29, 0.717) is 36.6 Å². The molecular formula is C51H75FN14O2. The number of hydrogen-bond acceptors (Lipinski definition) is 10. The molecule has 2 saturated heterocycles. The molecule has 0 bridgehead atoms. The molecule has 0 saturated carbocycles. The predicted octanol–water partition coefficient (Wildman–Crippen LogP) is 8.46. The third kappa shape index (κ3) is 14.7. The van der Waals surface area contributed by atoms with Gasteiger partial charge < -0.3 is 31.1 Å². The molecule has 0 aliphatic carbocycles. The number of aryl methyl sites for hydroxylation is 5. The molecule has 68 heavy (non-hydrogen) atoms. The minimum Gasteiger partial charge on any atom is -0.338 e. The Labute approximate surface area is 405 Å². The number of amides is 4. The zero-order chi connectivity index (χ0) is 47.8. The predicted molar refractivity (Wildman–Crippen MR) is 273 cm³/mol. The Balaban J connectivity index is 0.000000360. The van der Waals surface area contributed by atoms with E-state index >= 15 is 0 Å². The minimum atomic E-state index is -0.210. The number of carbonyl (C=O) groups is 2. The molecule has 2 atom stereocenters. The second-order valence-electron chi connectivity index (χ2n) is 18.2. The van der Waals surface area contributed by atoms with E-state index < -0.39 is 0 Å². The number of aromatic nitrogens is 8. The molecular weight excluding hydrogens is 860 g/mol. The van der Waals surface area contributed by atoms with Crippen LogP contribution in [0.3, 0.4) is 0 Å². The van der Waals surface area contributed by atoms with Crippen LogP contribution in [0.5, 0.6) is 0 Å². The Morgan fingerprint density at radius 2 is 1.07 bits per heavy atom. The number of urea groups is 2. The molecule has 4 aromatic carbocycles. The van der Waals surface area contributed by atoms with Crippen LogP contribution >= 0.6 is 0 Å². The lowest BCUT2D eigenvalue weighted by Crippen LogP contribution is -2.42. The fourth-order valence-electron chi connectivity index (χ4n) is 8.99. The Morgan fingerprint density at radius 1 is 0.632 bits per heavy atom. The van der Waals surface area contributed by atoms with E-state index in [1.807, 2.05) is 49.5 Å². The van der Waals surface area contributed by atoms with E-state index in [1.54, 1.807) is 16.4 Å². The van der Waals surface area contributed by atoms with Crippen molar-refractivity contribution in [1.82, 2.24) is 60.8 Å². The van der Waals surface area contributed by atoms with Gasteiger partial charge in [0.15, 0.2) is 11.6 Å². The highest BCUT2D eigenvalue weighted by Crippen LogP contribution is 2.25. The number of halogens is 1. The van der Waals surface area contributed by atoms with Gasteiger partial charge in [-0.15, -0.1) is 10.2 Å². The molecule has 368 valence electrons. The number of carbonyl (C=O) groups excluding carboxylic acids is 2. The van der Waals surface area contributed by atoms with Crippen LogP contribution in [-0.4, -0.2) is 115 Å². The molecule has 16 nitrogen and oxygen atoms in total. The van der Waals surface area contributed by atoms with Gasteiger partial charge in [-0.25, -0.2) is 23.3 Å². The first kappa shape index (κ1) is 49.3. The summed E-state index contributed by atoms with van der Waals surface area (Å²) in [6, 6.07) is 27.0. The van der Waals surface area contributed by atoms with E-state index in [4.69, 9.17) is 0 Å². The number of rotatable bonds is 16. The SMILES string of the molecule is CCc1cc(NC(=O)NC[C@@H]2CCCN(CCc3ccc(C)cc3)C2)cc(-c2nnnn2C)c1.CCc1cc(NC(=O)NC[C@H]2CCCN(CCc3ccc(F)cc3)C2)cc(-c2nnnn2C)c1.[HH].[HH].[HH].[HH]. The summed E-state index contributed by atoms with van der Waals surface area (Å²) in [6.45, 7) is 13.8. The maximum absolute atomic E-state index is 13.1. The number of likely N-dealkylation sites (tertiary alicyclic amines) is 2. The Kier molecular flexibility index (Phi) is 17.7. The highest BCUT2D eigenvalue weighted by molar-refractivity contribution is 5.91. The van der Waals surface area contributed by atoms with Crippen molar-refractivity contribution in [3.05, 3.63) is 119 Å². The number of piperidine rings is 2. The van der Waals surface area contributed by atoms with Crippen LogP contribution in [0.2, 0.25) is 0 Å². The number of hydrogen-bond donors (Lipinski definition) is 4. The summed E-state index contributed by atoms with van der Waals surface area (Å²) >= 11 is 0. The first-order valence-corrected chi connectivity index (χ1v) is 24.1. The monoisotopic (exact) mass is 935 g/mol. The number of benzene rings is 4. The number of nitrogens with one attached hydrogen (secondary N) is 4. The molecule has 0 unspecified atom stereocenters. The van der Waals surface area contributed by atoms with Crippen LogP contribution in [0.4, 0.5) is 25.4 Å². The van der Waals surface area contributed by atoms with Crippen molar-refractivity contribution in [3.63, 3.8) is 0 Å². The summed E-state index contributed by atoms with van der Waals surface area (Å²) in [6.07, 6.45) is 8.20. The summed E-state index contributed by atoms with van der Waals surface area (Å²) in [5.74, 6) is 2.01. The standard InChI is InChI=1S/C26H35N7O.C25H32FN7O.4H2/c1-4-20-14-23(25-29-30-31-32(25)3)16-24(15-20)28-26(34)27-17-22-6-5-12-33(18-22)13-11-21-9-7-19(2)8-10-21;1-3-18-13-21(24-29-30-31-32(24)2)15-23(14-18)28-25(34)27-16-20-5-4-11-33(17-20)12-10-19-6-8-22(26)9-7-19;;;;/h7-10,14-16,22H,4-6,11-13,17-18H2,1-3H3,(H2,27,28,34);6-9,13-15,20H,3-5,10-12,16-17H2,1-2H3,(H2,27,28,34);4*1H/t22-;20-;;;;/m01..../s1. The Morgan fingerprint density at radius 3 is 1.49 bits per heavy atom. The van der Waals surface area contributed by atoms with Crippen LogP contribution < -0.4 is 21.3 Å². The molecule has 2 aromatic heterocycles. The zero-order valence-electron chi connectivity index (χ0n) is 40.2. The quantitative estimate of drug-likeness (QED) is 0.0737. The van der Waals surface area contributed by atoms with Crippen LogP contribution in [0, 0.1) is 24.6 Å². The van der Waals surface area contributed by atoms with Crippen LogP contribution in [-0.2, 0) is 39.8 Å². The van der Waals surface area contributed by atoms with Gasteiger partial charge in [-0.3, -0.25) is 0 Å². The van der Waals surface area contributed by atoms with Crippen molar-refractivity contribution in [2.24, 2.45) is 25.9 Å². The lowest BCUT2D eigenvalue weighted by atomic mass is 9.97. The van der Waals surface area contributed by atoms with Gasteiger partial charge in [0.1, 0.15) is 5.82 Å². The number of anilines is 2. The lowest BCUT2D eigenvalue weighted by Gasteiger charge is -2.32. The van der Waals surface area contributed by atoms with Crippen molar-refractivity contribution >= 4 is 23.4 Å². The second kappa shape index (κ2) is 24.4. The summed E-state index contributed by atoms with van der Waals surface area (Å²) in [7, 11) is 3.60. The maximum Gasteiger partial charge on any atom is 0.319 e. The average molecular weight is 935 g/mol. The molecule has 4 heterocycles. The maximum atomic E-state index is 13.1. The van der Waals surface area contributed by atoms with Crippen molar-refractivity contribution in [3.8, 4) is 22.8 Å². The van der Waals surface area contributed by atoms with Crippen molar-refractivity contribution in [2.75, 3.05) is 63.0 Å². The summed E-state index contributed by atoms with van der Waals surface area (Å²) < 4.78 is 16.3. The summed E-state index contributed by atoms with van der Waals surface area (Å²) in [5.41, 5.74) is 9.27. The number of tetrazole rings is 2. The van der Waals surface area contributed by atoms with E-state index in [9.17, 15) is 14.0 Å². The molecule has 0 spiro atoms. The highest BCUT2D eigenvalue weighted by Gasteiger charge is 2.22. The minimum absolute atomic E-state index is 0. The molecule has 4 amide bonds. The van der Waals surface area contributed by atoms with Gasteiger partial charge in [0.05, 0.1) is 0 Å². The third-order valence-corrected chi connectivity index (χ3v) is 12.9. The van der Waals surface area contributed by atoms with Gasteiger partial charge in [0.25, 0.3) is 0 Å². The molecule has 0 radical (unpaired) electrons. The fraction of sp³-hybridized carbons (Fsp3) is 0.451. The largest absolute Gasteiger partial charge is 0.338 e. The molecule has 2 aliphatic rings. The van der Waals surface area contributed by atoms with Crippen molar-refractivity contribution in [2.45, 2.75) is 72.1 Å². The molecule has 17 heteroatoms. The molecule has 4 N–H and O–H groups in total. The topological polar surface area (TPSA) is 176 Å². The summed E-state index contributed by atoms with van der Waals surface area (Å²) in [4.78, 5) is 30.2. The lowest BCUT2D eigenvalue weighted by molar-refractivity contribution is 0.174. The molecule has 2 aliphatic heterocycles.